The first kappa shape index (κ1) is 13.2. The average Bonchev–Trinajstić information content (AvgIpc) is 2.32. The van der Waals surface area contributed by atoms with Crippen LogP contribution in [0.1, 0.15) is 31.7 Å². The van der Waals surface area contributed by atoms with Crippen LogP contribution in [0, 0.1) is 17.1 Å². The lowest BCUT2D eigenvalue weighted by Gasteiger charge is -2.15. The van der Waals surface area contributed by atoms with E-state index in [0.29, 0.717) is 11.3 Å². The van der Waals surface area contributed by atoms with Crippen molar-refractivity contribution in [3.05, 3.63) is 42.2 Å². The van der Waals surface area contributed by atoms with E-state index in [4.69, 9.17) is 5.26 Å². The van der Waals surface area contributed by atoms with Gasteiger partial charge in [-0.25, -0.2) is 4.39 Å². The molecule has 0 saturated carbocycles. The summed E-state index contributed by atoms with van der Waals surface area (Å²) in [5.41, 5.74) is 1.04. The number of nitrogens with one attached hydrogen (secondary N) is 1. The summed E-state index contributed by atoms with van der Waals surface area (Å²) in [6.45, 7) is 5.72. The Morgan fingerprint density at radius 1 is 1.59 bits per heavy atom. The molecule has 0 radical (unpaired) electrons. The number of halogens is 1. The van der Waals surface area contributed by atoms with Crippen molar-refractivity contribution in [1.82, 2.24) is 0 Å². The Morgan fingerprint density at radius 2 is 2.35 bits per heavy atom. The van der Waals surface area contributed by atoms with E-state index in [1.165, 1.54) is 12.1 Å². The highest BCUT2D eigenvalue weighted by Crippen LogP contribution is 2.18. The Hall–Kier alpha value is -1.82. The van der Waals surface area contributed by atoms with Gasteiger partial charge in [-0.2, -0.15) is 5.26 Å². The molecular formula is C14H17FN2. The highest BCUT2D eigenvalue weighted by atomic mass is 19.1. The molecule has 0 aliphatic heterocycles. The number of benzene rings is 1. The van der Waals surface area contributed by atoms with Crippen molar-refractivity contribution in [2.75, 3.05) is 5.32 Å². The van der Waals surface area contributed by atoms with Gasteiger partial charge < -0.3 is 5.32 Å². The highest BCUT2D eigenvalue weighted by Gasteiger charge is 2.06. The molecule has 0 bridgehead atoms. The maximum atomic E-state index is 12.9. The standard InChI is InChI=1S/C14H17FN2/c1-3-4-5-6-11(2)17-14-8-7-13(15)9-12(14)10-16/h3,7-9,11,17H,1,4-6H2,2H3. The van der Waals surface area contributed by atoms with Gasteiger partial charge >= 0.3 is 0 Å². The average molecular weight is 232 g/mol. The molecule has 3 heteroatoms. The molecule has 0 heterocycles. The van der Waals surface area contributed by atoms with E-state index >= 15 is 0 Å². The third-order valence-corrected chi connectivity index (χ3v) is 2.55. The van der Waals surface area contributed by atoms with Crippen LogP contribution in [-0.2, 0) is 0 Å². The summed E-state index contributed by atoms with van der Waals surface area (Å²) in [7, 11) is 0. The molecule has 1 aromatic carbocycles. The molecule has 90 valence electrons. The van der Waals surface area contributed by atoms with Gasteiger partial charge in [0, 0.05) is 6.04 Å². The van der Waals surface area contributed by atoms with Crippen LogP contribution >= 0.6 is 0 Å². The van der Waals surface area contributed by atoms with Crippen LogP contribution in [0.25, 0.3) is 0 Å². The number of unbranched alkanes of at least 4 members (excludes halogenated alkanes) is 1. The molecule has 0 aliphatic rings. The first-order valence-electron chi connectivity index (χ1n) is 5.74. The van der Waals surface area contributed by atoms with Gasteiger partial charge in [-0.05, 0) is 44.4 Å². The van der Waals surface area contributed by atoms with Crippen molar-refractivity contribution in [3.8, 4) is 6.07 Å². The molecule has 1 aromatic rings. The second-order valence-electron chi connectivity index (χ2n) is 4.07. The third-order valence-electron chi connectivity index (χ3n) is 2.55. The van der Waals surface area contributed by atoms with Crippen molar-refractivity contribution in [1.29, 1.82) is 5.26 Å². The van der Waals surface area contributed by atoms with Crippen LogP contribution in [0.5, 0.6) is 0 Å². The third kappa shape index (κ3) is 4.28. The molecule has 17 heavy (non-hydrogen) atoms. The zero-order valence-electron chi connectivity index (χ0n) is 10.0. The summed E-state index contributed by atoms with van der Waals surface area (Å²) in [5, 5.41) is 12.1. The number of nitrogens with zero attached hydrogens (tertiary/aromatic N) is 1. The smallest absolute Gasteiger partial charge is 0.124 e. The number of nitriles is 1. The van der Waals surface area contributed by atoms with Crippen molar-refractivity contribution in [2.45, 2.75) is 32.2 Å². The Morgan fingerprint density at radius 3 is 3.00 bits per heavy atom. The van der Waals surface area contributed by atoms with Crippen LogP contribution in [0.2, 0.25) is 0 Å². The molecule has 0 spiro atoms. The van der Waals surface area contributed by atoms with E-state index in [0.717, 1.165) is 19.3 Å². The minimum absolute atomic E-state index is 0.257. The van der Waals surface area contributed by atoms with Gasteiger partial charge in [0.05, 0.1) is 11.3 Å². The molecule has 1 N–H and O–H groups in total. The number of rotatable bonds is 6. The van der Waals surface area contributed by atoms with E-state index in [9.17, 15) is 4.39 Å². The monoisotopic (exact) mass is 232 g/mol. The van der Waals surface area contributed by atoms with Gasteiger partial charge in [0.1, 0.15) is 11.9 Å². The lowest BCUT2D eigenvalue weighted by Crippen LogP contribution is -2.15. The van der Waals surface area contributed by atoms with E-state index in [-0.39, 0.29) is 11.9 Å². The first-order chi connectivity index (χ1) is 8.17. The van der Waals surface area contributed by atoms with Crippen molar-refractivity contribution >= 4 is 5.69 Å². The lowest BCUT2D eigenvalue weighted by atomic mass is 10.1. The fraction of sp³-hybridized carbons (Fsp3) is 0.357. The summed E-state index contributed by atoms with van der Waals surface area (Å²) in [6, 6.07) is 6.47. The molecule has 1 unspecified atom stereocenters. The van der Waals surface area contributed by atoms with Crippen LogP contribution < -0.4 is 5.32 Å². The van der Waals surface area contributed by atoms with Gasteiger partial charge in [0.25, 0.3) is 0 Å². The molecule has 0 saturated heterocycles. The normalized spacial score (nSPS) is 11.6. The van der Waals surface area contributed by atoms with Gasteiger partial charge in [-0.3, -0.25) is 0 Å². The van der Waals surface area contributed by atoms with Crippen molar-refractivity contribution < 1.29 is 4.39 Å². The largest absolute Gasteiger partial charge is 0.382 e. The number of hydrogen-bond acceptors (Lipinski definition) is 2. The Bertz CT molecular complexity index is 421. The molecule has 0 amide bonds. The fourth-order valence-corrected chi connectivity index (χ4v) is 1.64. The summed E-state index contributed by atoms with van der Waals surface area (Å²) in [5.74, 6) is -0.383. The zero-order valence-corrected chi connectivity index (χ0v) is 10.0. The second kappa shape index (κ2) is 6.70. The molecule has 0 aromatic heterocycles. The quantitative estimate of drug-likeness (QED) is 0.597. The number of anilines is 1. The SMILES string of the molecule is C=CCCCC(C)Nc1ccc(F)cc1C#N. The van der Waals surface area contributed by atoms with Gasteiger partial charge in [-0.1, -0.05) is 6.08 Å². The van der Waals surface area contributed by atoms with E-state index in [1.54, 1.807) is 6.07 Å². The van der Waals surface area contributed by atoms with E-state index in [1.807, 2.05) is 19.1 Å². The van der Waals surface area contributed by atoms with Crippen LogP contribution in [0.15, 0.2) is 30.9 Å². The van der Waals surface area contributed by atoms with Crippen LogP contribution in [0.4, 0.5) is 10.1 Å². The summed E-state index contributed by atoms with van der Waals surface area (Å²) >= 11 is 0. The summed E-state index contributed by atoms with van der Waals surface area (Å²) in [6.07, 6.45) is 4.93. The number of allylic oxidation sites excluding steroid dienone is 1. The van der Waals surface area contributed by atoms with E-state index in [2.05, 4.69) is 11.9 Å². The van der Waals surface area contributed by atoms with Crippen LogP contribution in [-0.4, -0.2) is 6.04 Å². The predicted octanol–water partition coefficient (Wildman–Crippen LogP) is 3.85. The molecule has 0 fully saturated rings. The van der Waals surface area contributed by atoms with Crippen LogP contribution in [0.3, 0.4) is 0 Å². The Kier molecular flexibility index (Phi) is 5.22. The molecule has 1 rings (SSSR count). The minimum Gasteiger partial charge on any atom is -0.382 e. The summed E-state index contributed by atoms with van der Waals surface area (Å²) in [4.78, 5) is 0. The van der Waals surface area contributed by atoms with E-state index < -0.39 is 0 Å². The fourth-order valence-electron chi connectivity index (χ4n) is 1.64. The lowest BCUT2D eigenvalue weighted by molar-refractivity contribution is 0.626. The predicted molar refractivity (Wildman–Crippen MR) is 68.2 cm³/mol. The Labute approximate surface area is 102 Å². The van der Waals surface area contributed by atoms with Crippen molar-refractivity contribution in [3.63, 3.8) is 0 Å². The maximum Gasteiger partial charge on any atom is 0.124 e. The molecule has 2 nitrogen and oxygen atoms in total. The summed E-state index contributed by atoms with van der Waals surface area (Å²) < 4.78 is 12.9. The van der Waals surface area contributed by atoms with Gasteiger partial charge in [-0.15, -0.1) is 6.58 Å². The van der Waals surface area contributed by atoms with Gasteiger partial charge in [0.2, 0.25) is 0 Å². The maximum absolute atomic E-state index is 12.9. The first-order valence-corrected chi connectivity index (χ1v) is 5.74. The number of hydrogen-bond donors (Lipinski definition) is 1. The minimum atomic E-state index is -0.383. The van der Waals surface area contributed by atoms with Gasteiger partial charge in [0.15, 0.2) is 0 Å². The highest BCUT2D eigenvalue weighted by molar-refractivity contribution is 5.57. The van der Waals surface area contributed by atoms with Crippen molar-refractivity contribution in [2.24, 2.45) is 0 Å². The molecule has 0 aliphatic carbocycles. The molecule has 1 atom stereocenters. The Balaban J connectivity index is 2.62. The zero-order chi connectivity index (χ0) is 12.7. The second-order valence-corrected chi connectivity index (χ2v) is 4.07. The molecular weight excluding hydrogens is 215 g/mol. The topological polar surface area (TPSA) is 35.8 Å².